The third kappa shape index (κ3) is 3.62. The van der Waals surface area contributed by atoms with Gasteiger partial charge in [0.15, 0.2) is 0 Å². The molecule has 2 heterocycles. The molecule has 2 atom stereocenters. The zero-order chi connectivity index (χ0) is 14.1. The van der Waals surface area contributed by atoms with Crippen LogP contribution in [0.15, 0.2) is 0 Å². The van der Waals surface area contributed by atoms with E-state index in [2.05, 4.69) is 12.2 Å². The van der Waals surface area contributed by atoms with Crippen molar-refractivity contribution in [1.29, 1.82) is 0 Å². The topological polar surface area (TPSA) is 41.6 Å². The third-order valence-electron chi connectivity index (χ3n) is 4.33. The molecule has 4 heteroatoms. The molecule has 0 aromatic carbocycles. The van der Waals surface area contributed by atoms with Crippen molar-refractivity contribution >= 4 is 6.09 Å². The van der Waals surface area contributed by atoms with Crippen LogP contribution in [0.25, 0.3) is 0 Å². The van der Waals surface area contributed by atoms with E-state index in [0.717, 1.165) is 32.5 Å². The molecule has 110 valence electrons. The zero-order valence-corrected chi connectivity index (χ0v) is 12.8. The van der Waals surface area contributed by atoms with Gasteiger partial charge in [0.2, 0.25) is 0 Å². The number of hydrogen-bond acceptors (Lipinski definition) is 3. The van der Waals surface area contributed by atoms with Crippen molar-refractivity contribution in [2.75, 3.05) is 19.6 Å². The van der Waals surface area contributed by atoms with Crippen LogP contribution in [0.5, 0.6) is 0 Å². The number of nitrogens with one attached hydrogen (secondary N) is 1. The number of hydrogen-bond donors (Lipinski definition) is 1. The van der Waals surface area contributed by atoms with E-state index >= 15 is 0 Å². The van der Waals surface area contributed by atoms with E-state index in [1.165, 1.54) is 12.8 Å². The number of nitrogens with zero attached hydrogens (tertiary/aromatic N) is 1. The summed E-state index contributed by atoms with van der Waals surface area (Å²) in [5.41, 5.74) is 0.00844. The smallest absolute Gasteiger partial charge is 0.410 e. The van der Waals surface area contributed by atoms with Crippen LogP contribution in [-0.4, -0.2) is 42.3 Å². The SMILES string of the molecule is CC1CC2(CCCNC2)CCN1C(=O)OC(C)(C)C. The molecule has 0 radical (unpaired) electrons. The highest BCUT2D eigenvalue weighted by Gasteiger charge is 2.41. The molecule has 19 heavy (non-hydrogen) atoms. The van der Waals surface area contributed by atoms with Crippen molar-refractivity contribution in [1.82, 2.24) is 10.2 Å². The van der Waals surface area contributed by atoms with Gasteiger partial charge in [0.05, 0.1) is 0 Å². The van der Waals surface area contributed by atoms with Crippen LogP contribution in [0.4, 0.5) is 4.79 Å². The summed E-state index contributed by atoms with van der Waals surface area (Å²) in [6.45, 7) is 11.0. The van der Waals surface area contributed by atoms with Gasteiger partial charge in [-0.2, -0.15) is 0 Å². The van der Waals surface area contributed by atoms with Crippen LogP contribution in [0.3, 0.4) is 0 Å². The first-order valence-electron chi connectivity index (χ1n) is 7.52. The molecule has 4 nitrogen and oxygen atoms in total. The number of carbonyl (C=O) groups is 1. The summed E-state index contributed by atoms with van der Waals surface area (Å²) in [5.74, 6) is 0. The van der Waals surface area contributed by atoms with E-state index in [9.17, 15) is 4.79 Å². The largest absolute Gasteiger partial charge is 0.444 e. The molecule has 1 amide bonds. The van der Waals surface area contributed by atoms with Crippen molar-refractivity contribution in [3.63, 3.8) is 0 Å². The number of carbonyl (C=O) groups excluding carboxylic acids is 1. The molecule has 2 fully saturated rings. The number of ether oxygens (including phenoxy) is 1. The minimum absolute atomic E-state index is 0.154. The van der Waals surface area contributed by atoms with Gasteiger partial charge in [0.25, 0.3) is 0 Å². The molecule has 2 aliphatic heterocycles. The fourth-order valence-corrected chi connectivity index (χ4v) is 3.43. The Hall–Kier alpha value is -0.770. The number of likely N-dealkylation sites (tertiary alicyclic amines) is 1. The molecule has 2 saturated heterocycles. The van der Waals surface area contributed by atoms with E-state index in [4.69, 9.17) is 4.74 Å². The lowest BCUT2D eigenvalue weighted by Crippen LogP contribution is -2.53. The Morgan fingerprint density at radius 1 is 1.37 bits per heavy atom. The van der Waals surface area contributed by atoms with Crippen molar-refractivity contribution in [3.05, 3.63) is 0 Å². The lowest BCUT2D eigenvalue weighted by molar-refractivity contribution is -0.00967. The highest BCUT2D eigenvalue weighted by Crippen LogP contribution is 2.40. The maximum absolute atomic E-state index is 12.2. The molecule has 0 aromatic rings. The first-order chi connectivity index (χ1) is 8.81. The van der Waals surface area contributed by atoms with Crippen LogP contribution in [0.1, 0.15) is 53.4 Å². The van der Waals surface area contributed by atoms with Crippen molar-refractivity contribution in [2.24, 2.45) is 5.41 Å². The van der Waals surface area contributed by atoms with Crippen LogP contribution in [0, 0.1) is 5.41 Å². The van der Waals surface area contributed by atoms with Crippen molar-refractivity contribution < 1.29 is 9.53 Å². The molecular weight excluding hydrogens is 240 g/mol. The predicted octanol–water partition coefficient (Wildman–Crippen LogP) is 2.78. The summed E-state index contributed by atoms with van der Waals surface area (Å²) < 4.78 is 5.49. The van der Waals surface area contributed by atoms with Gasteiger partial charge in [0, 0.05) is 19.1 Å². The molecule has 0 bridgehead atoms. The van der Waals surface area contributed by atoms with E-state index in [1.807, 2.05) is 25.7 Å². The molecule has 0 aromatic heterocycles. The molecule has 0 aliphatic carbocycles. The lowest BCUT2D eigenvalue weighted by Gasteiger charge is -2.47. The van der Waals surface area contributed by atoms with Crippen LogP contribution in [0.2, 0.25) is 0 Å². The number of rotatable bonds is 0. The Morgan fingerprint density at radius 3 is 2.63 bits per heavy atom. The number of amides is 1. The summed E-state index contributed by atoms with van der Waals surface area (Å²) in [6.07, 6.45) is 4.60. The Balaban J connectivity index is 1.95. The standard InChI is InChI=1S/C15H28N2O2/c1-12-10-15(6-5-8-16-11-15)7-9-17(12)13(18)19-14(2,3)4/h12,16H,5-11H2,1-4H3. The summed E-state index contributed by atoms with van der Waals surface area (Å²) >= 11 is 0. The average molecular weight is 268 g/mol. The maximum atomic E-state index is 12.2. The normalized spacial score (nSPS) is 32.4. The lowest BCUT2D eigenvalue weighted by atomic mass is 9.71. The first kappa shape index (κ1) is 14.6. The van der Waals surface area contributed by atoms with Crippen LogP contribution < -0.4 is 5.32 Å². The fraction of sp³-hybridized carbons (Fsp3) is 0.933. The quantitative estimate of drug-likeness (QED) is 0.734. The molecule has 0 saturated carbocycles. The summed E-state index contributed by atoms with van der Waals surface area (Å²) in [5, 5.41) is 3.51. The highest BCUT2D eigenvalue weighted by atomic mass is 16.6. The Morgan fingerprint density at radius 2 is 2.11 bits per heavy atom. The second-order valence-corrected chi connectivity index (χ2v) is 7.26. The second kappa shape index (κ2) is 5.31. The van der Waals surface area contributed by atoms with Gasteiger partial charge >= 0.3 is 6.09 Å². The second-order valence-electron chi connectivity index (χ2n) is 7.26. The van der Waals surface area contributed by atoms with Gasteiger partial charge in [-0.1, -0.05) is 0 Å². The summed E-state index contributed by atoms with van der Waals surface area (Å²) in [4.78, 5) is 14.1. The fourth-order valence-electron chi connectivity index (χ4n) is 3.43. The predicted molar refractivity (Wildman–Crippen MR) is 76.2 cm³/mol. The van der Waals surface area contributed by atoms with Gasteiger partial charge in [-0.25, -0.2) is 4.79 Å². The van der Waals surface area contributed by atoms with E-state index in [1.54, 1.807) is 0 Å². The molecule has 2 aliphatic rings. The average Bonchev–Trinajstić information content (AvgIpc) is 2.27. The Bertz CT molecular complexity index is 330. The molecule has 2 rings (SSSR count). The summed E-state index contributed by atoms with van der Waals surface area (Å²) in [6, 6.07) is 0.281. The van der Waals surface area contributed by atoms with Gasteiger partial charge < -0.3 is 15.0 Å². The van der Waals surface area contributed by atoms with Crippen LogP contribution >= 0.6 is 0 Å². The first-order valence-corrected chi connectivity index (χ1v) is 7.52. The molecular formula is C15H28N2O2. The van der Waals surface area contributed by atoms with Gasteiger partial charge in [-0.15, -0.1) is 0 Å². The molecule has 2 unspecified atom stereocenters. The highest BCUT2D eigenvalue weighted by molar-refractivity contribution is 5.68. The van der Waals surface area contributed by atoms with Crippen LogP contribution in [-0.2, 0) is 4.74 Å². The maximum Gasteiger partial charge on any atom is 0.410 e. The monoisotopic (exact) mass is 268 g/mol. The van der Waals surface area contributed by atoms with Crippen molar-refractivity contribution in [2.45, 2.75) is 65.0 Å². The van der Waals surface area contributed by atoms with Gasteiger partial charge in [0.1, 0.15) is 5.60 Å². The Kier molecular flexibility index (Phi) is 4.09. The third-order valence-corrected chi connectivity index (χ3v) is 4.33. The number of piperidine rings is 2. The van der Waals surface area contributed by atoms with E-state index in [0.29, 0.717) is 5.41 Å². The van der Waals surface area contributed by atoms with E-state index in [-0.39, 0.29) is 12.1 Å². The van der Waals surface area contributed by atoms with E-state index < -0.39 is 5.60 Å². The summed E-state index contributed by atoms with van der Waals surface area (Å²) in [7, 11) is 0. The minimum atomic E-state index is -0.404. The molecule has 1 N–H and O–H groups in total. The minimum Gasteiger partial charge on any atom is -0.444 e. The van der Waals surface area contributed by atoms with Crippen molar-refractivity contribution in [3.8, 4) is 0 Å². The van der Waals surface area contributed by atoms with Gasteiger partial charge in [-0.3, -0.25) is 0 Å². The zero-order valence-electron chi connectivity index (χ0n) is 12.8. The van der Waals surface area contributed by atoms with Gasteiger partial charge in [-0.05, 0) is 65.3 Å². The molecule has 1 spiro atoms. The Labute approximate surface area is 116 Å².